The van der Waals surface area contributed by atoms with Gasteiger partial charge in [0.2, 0.25) is 0 Å². The quantitative estimate of drug-likeness (QED) is 0.844. The number of nitrogens with zero attached hydrogens (tertiary/aromatic N) is 1. The molecule has 1 amide bonds. The van der Waals surface area contributed by atoms with Crippen LogP contribution in [0, 0.1) is 5.82 Å². The third-order valence-electron chi connectivity index (χ3n) is 3.70. The van der Waals surface area contributed by atoms with Crippen LogP contribution in [0.15, 0.2) is 48.5 Å². The van der Waals surface area contributed by atoms with Gasteiger partial charge in [-0.2, -0.15) is 0 Å². The van der Waals surface area contributed by atoms with Gasteiger partial charge in [-0.3, -0.25) is 4.79 Å². The Morgan fingerprint density at radius 1 is 1.04 bits per heavy atom. The summed E-state index contributed by atoms with van der Waals surface area (Å²) in [5.41, 5.74) is 1.26. The largest absolute Gasteiger partial charge is 0.478 e. The van der Waals surface area contributed by atoms with Gasteiger partial charge >= 0.3 is 5.97 Å². The summed E-state index contributed by atoms with van der Waals surface area (Å²) < 4.78 is 13.2. The van der Waals surface area contributed by atoms with E-state index in [0.29, 0.717) is 25.1 Å². The van der Waals surface area contributed by atoms with E-state index in [9.17, 15) is 14.0 Å². The molecule has 1 N–H and O–H groups in total. The normalized spacial score (nSPS) is 10.4. The van der Waals surface area contributed by atoms with Gasteiger partial charge in [0.25, 0.3) is 5.91 Å². The summed E-state index contributed by atoms with van der Waals surface area (Å²) in [7, 11) is 0. The molecule has 0 spiro atoms. The number of hydrogen-bond donors (Lipinski definition) is 1. The molecule has 2 rings (SSSR count). The fourth-order valence-corrected chi connectivity index (χ4v) is 2.51. The third kappa shape index (κ3) is 4.65. The predicted molar refractivity (Wildman–Crippen MR) is 89.7 cm³/mol. The summed E-state index contributed by atoms with van der Waals surface area (Å²) in [6.45, 7) is 2.98. The maximum atomic E-state index is 13.2. The van der Waals surface area contributed by atoms with Crippen molar-refractivity contribution < 1.29 is 19.1 Å². The summed E-state index contributed by atoms with van der Waals surface area (Å²) in [5, 5.41) is 9.05. The van der Waals surface area contributed by atoms with Gasteiger partial charge in [-0.15, -0.1) is 0 Å². The monoisotopic (exact) mass is 329 g/mol. The van der Waals surface area contributed by atoms with E-state index < -0.39 is 5.97 Å². The van der Waals surface area contributed by atoms with Gasteiger partial charge < -0.3 is 10.0 Å². The molecule has 0 atom stereocenters. The van der Waals surface area contributed by atoms with Gasteiger partial charge in [0, 0.05) is 18.7 Å². The van der Waals surface area contributed by atoms with Crippen LogP contribution in [0.25, 0.3) is 0 Å². The van der Waals surface area contributed by atoms with Crippen molar-refractivity contribution in [3.8, 4) is 0 Å². The lowest BCUT2D eigenvalue weighted by Crippen LogP contribution is -2.33. The van der Waals surface area contributed by atoms with Crippen LogP contribution in [0.4, 0.5) is 4.39 Å². The fraction of sp³-hybridized carbons (Fsp3) is 0.263. The zero-order valence-electron chi connectivity index (χ0n) is 13.5. The molecule has 2 aromatic carbocycles. The van der Waals surface area contributed by atoms with Crippen molar-refractivity contribution in [2.75, 3.05) is 13.1 Å². The Kier molecular flexibility index (Phi) is 6.07. The third-order valence-corrected chi connectivity index (χ3v) is 3.70. The first kappa shape index (κ1) is 17.7. The number of amides is 1. The maximum Gasteiger partial charge on any atom is 0.335 e. The fourth-order valence-electron chi connectivity index (χ4n) is 2.51. The van der Waals surface area contributed by atoms with Crippen molar-refractivity contribution in [2.24, 2.45) is 0 Å². The number of carbonyl (C=O) groups is 2. The lowest BCUT2D eigenvalue weighted by atomic mass is 10.1. The molecule has 0 heterocycles. The Bertz CT molecular complexity index is 730. The minimum Gasteiger partial charge on any atom is -0.478 e. The highest BCUT2D eigenvalue weighted by atomic mass is 19.1. The number of carbonyl (C=O) groups excluding carboxylic acids is 1. The number of hydrogen-bond acceptors (Lipinski definition) is 2. The molecule has 0 unspecified atom stereocenters. The molecule has 24 heavy (non-hydrogen) atoms. The van der Waals surface area contributed by atoms with Crippen LogP contribution in [0.2, 0.25) is 0 Å². The first-order valence-corrected chi connectivity index (χ1v) is 7.88. The first-order valence-electron chi connectivity index (χ1n) is 7.88. The summed E-state index contributed by atoms with van der Waals surface area (Å²) in [4.78, 5) is 25.4. The molecule has 0 saturated heterocycles. The minimum atomic E-state index is -1.06. The average Bonchev–Trinajstić information content (AvgIpc) is 2.58. The summed E-state index contributed by atoms with van der Waals surface area (Å²) in [6.07, 6.45) is 1.33. The molecule has 0 aliphatic carbocycles. The van der Waals surface area contributed by atoms with Crippen LogP contribution in [0.1, 0.15) is 39.6 Å². The smallest absolute Gasteiger partial charge is 0.335 e. The van der Waals surface area contributed by atoms with E-state index in [1.165, 1.54) is 24.3 Å². The molecule has 0 aromatic heterocycles. The molecule has 126 valence electrons. The molecule has 0 bridgehead atoms. The standard InChI is InChI=1S/C19H20FNO3/c1-2-10-21(11-9-14-5-3-8-17(20)12-14)18(22)15-6-4-7-16(13-15)19(23)24/h3-8,12-13H,2,9-11H2,1H3,(H,23,24). The number of aromatic carboxylic acids is 1. The lowest BCUT2D eigenvalue weighted by Gasteiger charge is -2.22. The van der Waals surface area contributed by atoms with Crippen LogP contribution >= 0.6 is 0 Å². The van der Waals surface area contributed by atoms with Crippen LogP contribution in [-0.2, 0) is 6.42 Å². The minimum absolute atomic E-state index is 0.0856. The molecule has 0 aliphatic rings. The van der Waals surface area contributed by atoms with Crippen LogP contribution < -0.4 is 0 Å². The van der Waals surface area contributed by atoms with E-state index in [0.717, 1.165) is 12.0 Å². The SMILES string of the molecule is CCCN(CCc1cccc(F)c1)C(=O)c1cccc(C(=O)O)c1. The number of carboxylic acids is 1. The highest BCUT2D eigenvalue weighted by Crippen LogP contribution is 2.11. The predicted octanol–water partition coefficient (Wildman–Crippen LogP) is 3.62. The van der Waals surface area contributed by atoms with Crippen molar-refractivity contribution in [3.63, 3.8) is 0 Å². The molecule has 0 aliphatic heterocycles. The molecule has 0 radical (unpaired) electrons. The lowest BCUT2D eigenvalue weighted by molar-refractivity contribution is 0.0697. The van der Waals surface area contributed by atoms with Crippen LogP contribution in [-0.4, -0.2) is 35.0 Å². The van der Waals surface area contributed by atoms with Crippen LogP contribution in [0.5, 0.6) is 0 Å². The second-order valence-electron chi connectivity index (χ2n) is 5.56. The molecule has 0 fully saturated rings. The second kappa shape index (κ2) is 8.24. The maximum absolute atomic E-state index is 13.2. The van der Waals surface area contributed by atoms with Gasteiger partial charge in [-0.05, 0) is 48.7 Å². The van der Waals surface area contributed by atoms with Gasteiger partial charge in [-0.1, -0.05) is 25.1 Å². The van der Waals surface area contributed by atoms with Gasteiger partial charge in [-0.25, -0.2) is 9.18 Å². The van der Waals surface area contributed by atoms with Crippen molar-refractivity contribution in [2.45, 2.75) is 19.8 Å². The second-order valence-corrected chi connectivity index (χ2v) is 5.56. The Morgan fingerprint density at radius 3 is 2.42 bits per heavy atom. The van der Waals surface area contributed by atoms with E-state index in [1.807, 2.05) is 13.0 Å². The van der Waals surface area contributed by atoms with E-state index in [2.05, 4.69) is 0 Å². The summed E-state index contributed by atoms with van der Waals surface area (Å²) >= 11 is 0. The van der Waals surface area contributed by atoms with Crippen molar-refractivity contribution in [1.29, 1.82) is 0 Å². The molecular weight excluding hydrogens is 309 g/mol. The Hall–Kier alpha value is -2.69. The van der Waals surface area contributed by atoms with E-state index in [-0.39, 0.29) is 17.3 Å². The average molecular weight is 329 g/mol. The van der Waals surface area contributed by atoms with E-state index in [4.69, 9.17) is 5.11 Å². The first-order chi connectivity index (χ1) is 11.5. The zero-order chi connectivity index (χ0) is 17.5. The van der Waals surface area contributed by atoms with E-state index in [1.54, 1.807) is 23.1 Å². The Balaban J connectivity index is 2.12. The topological polar surface area (TPSA) is 57.6 Å². The summed E-state index contributed by atoms with van der Waals surface area (Å²) in [5.74, 6) is -1.57. The van der Waals surface area contributed by atoms with Crippen molar-refractivity contribution >= 4 is 11.9 Å². The molecule has 5 heteroatoms. The van der Waals surface area contributed by atoms with Gasteiger partial charge in [0.15, 0.2) is 0 Å². The Labute approximate surface area is 140 Å². The van der Waals surface area contributed by atoms with Crippen molar-refractivity contribution in [1.82, 2.24) is 4.90 Å². The van der Waals surface area contributed by atoms with Gasteiger partial charge in [0.05, 0.1) is 5.56 Å². The highest BCUT2D eigenvalue weighted by Gasteiger charge is 2.16. The highest BCUT2D eigenvalue weighted by molar-refractivity contribution is 5.97. The zero-order valence-corrected chi connectivity index (χ0v) is 13.5. The Morgan fingerprint density at radius 2 is 1.75 bits per heavy atom. The number of benzene rings is 2. The number of carboxylic acid groups (broad SMARTS) is 1. The van der Waals surface area contributed by atoms with Crippen LogP contribution in [0.3, 0.4) is 0 Å². The number of halogens is 1. The molecule has 2 aromatic rings. The van der Waals surface area contributed by atoms with E-state index >= 15 is 0 Å². The molecule has 4 nitrogen and oxygen atoms in total. The molecular formula is C19H20FNO3. The summed E-state index contributed by atoms with van der Waals surface area (Å²) in [6, 6.07) is 12.3. The van der Waals surface area contributed by atoms with Gasteiger partial charge in [0.1, 0.15) is 5.82 Å². The molecule has 0 saturated carbocycles. The number of rotatable bonds is 7. The van der Waals surface area contributed by atoms with Crippen molar-refractivity contribution in [3.05, 3.63) is 71.0 Å².